The third kappa shape index (κ3) is 3.28. The number of aromatic carboxylic acids is 1. The standard InChI is InChI=1S/C14H16N4O2/c1-14(2,10-3-5-15-6-4-10)8-16-12-7-11(13(19)20)17-9-18-12/h3-7,9H,8H2,1-2H3,(H,19,20)(H,16,17,18). The molecule has 20 heavy (non-hydrogen) atoms. The number of pyridine rings is 1. The van der Waals surface area contributed by atoms with Crippen molar-refractivity contribution in [2.24, 2.45) is 0 Å². The molecule has 104 valence electrons. The number of aromatic nitrogens is 3. The third-order valence-electron chi connectivity index (χ3n) is 3.06. The van der Waals surface area contributed by atoms with Gasteiger partial charge in [0, 0.05) is 30.4 Å². The topological polar surface area (TPSA) is 88.0 Å². The van der Waals surface area contributed by atoms with Crippen molar-refractivity contribution in [2.75, 3.05) is 11.9 Å². The lowest BCUT2D eigenvalue weighted by Crippen LogP contribution is -2.28. The molecule has 0 aromatic carbocycles. The van der Waals surface area contributed by atoms with E-state index >= 15 is 0 Å². The van der Waals surface area contributed by atoms with Crippen molar-refractivity contribution < 1.29 is 9.90 Å². The molecule has 6 heteroatoms. The average molecular weight is 272 g/mol. The molecule has 6 nitrogen and oxygen atoms in total. The van der Waals surface area contributed by atoms with Gasteiger partial charge in [-0.2, -0.15) is 0 Å². The van der Waals surface area contributed by atoms with Crippen LogP contribution in [0.25, 0.3) is 0 Å². The predicted molar refractivity (Wildman–Crippen MR) is 74.7 cm³/mol. The Kier molecular flexibility index (Phi) is 3.93. The quantitative estimate of drug-likeness (QED) is 0.865. The van der Waals surface area contributed by atoms with Gasteiger partial charge in [0.05, 0.1) is 0 Å². The Balaban J connectivity index is 2.08. The van der Waals surface area contributed by atoms with Crippen LogP contribution in [-0.4, -0.2) is 32.6 Å². The maximum atomic E-state index is 10.9. The van der Waals surface area contributed by atoms with E-state index in [4.69, 9.17) is 5.11 Å². The van der Waals surface area contributed by atoms with Crippen LogP contribution < -0.4 is 5.32 Å². The molecule has 0 spiro atoms. The molecule has 0 aliphatic heterocycles. The van der Waals surface area contributed by atoms with Crippen molar-refractivity contribution in [3.05, 3.63) is 48.2 Å². The fraction of sp³-hybridized carbons (Fsp3) is 0.286. The zero-order chi connectivity index (χ0) is 14.6. The Hall–Kier alpha value is -2.50. The SMILES string of the molecule is CC(C)(CNc1cc(C(=O)O)ncn1)c1ccncc1. The highest BCUT2D eigenvalue weighted by Gasteiger charge is 2.20. The van der Waals surface area contributed by atoms with Gasteiger partial charge in [-0.1, -0.05) is 13.8 Å². The van der Waals surface area contributed by atoms with Gasteiger partial charge < -0.3 is 10.4 Å². The van der Waals surface area contributed by atoms with Crippen LogP contribution in [0.1, 0.15) is 29.9 Å². The van der Waals surface area contributed by atoms with E-state index in [0.717, 1.165) is 5.56 Å². The van der Waals surface area contributed by atoms with Crippen LogP contribution in [0.5, 0.6) is 0 Å². The Morgan fingerprint density at radius 1 is 1.30 bits per heavy atom. The maximum absolute atomic E-state index is 10.9. The van der Waals surface area contributed by atoms with Crippen LogP contribution in [0.15, 0.2) is 36.9 Å². The maximum Gasteiger partial charge on any atom is 0.354 e. The molecule has 2 N–H and O–H groups in total. The molecule has 0 unspecified atom stereocenters. The summed E-state index contributed by atoms with van der Waals surface area (Å²) in [6.45, 7) is 4.80. The zero-order valence-corrected chi connectivity index (χ0v) is 11.4. The van der Waals surface area contributed by atoms with Crippen LogP contribution in [0.3, 0.4) is 0 Å². The molecule has 0 saturated carbocycles. The summed E-state index contributed by atoms with van der Waals surface area (Å²) in [6, 6.07) is 5.35. The molecule has 0 aliphatic carbocycles. The summed E-state index contributed by atoms with van der Waals surface area (Å²) in [7, 11) is 0. The van der Waals surface area contributed by atoms with Crippen LogP contribution >= 0.6 is 0 Å². The van der Waals surface area contributed by atoms with E-state index in [1.807, 2.05) is 12.1 Å². The normalized spacial score (nSPS) is 11.1. The summed E-state index contributed by atoms with van der Waals surface area (Å²) in [6.07, 6.45) is 4.75. The summed E-state index contributed by atoms with van der Waals surface area (Å²) in [4.78, 5) is 22.6. The van der Waals surface area contributed by atoms with Gasteiger partial charge in [-0.25, -0.2) is 14.8 Å². The molecule has 0 radical (unpaired) electrons. The van der Waals surface area contributed by atoms with E-state index in [-0.39, 0.29) is 11.1 Å². The van der Waals surface area contributed by atoms with Crippen LogP contribution in [0, 0.1) is 0 Å². The van der Waals surface area contributed by atoms with E-state index in [1.54, 1.807) is 12.4 Å². The molecule has 0 aliphatic rings. The van der Waals surface area contributed by atoms with E-state index in [0.29, 0.717) is 12.4 Å². The second kappa shape index (κ2) is 5.64. The first-order valence-corrected chi connectivity index (χ1v) is 6.19. The number of nitrogens with zero attached hydrogens (tertiary/aromatic N) is 3. The minimum absolute atomic E-state index is 0.0239. The van der Waals surface area contributed by atoms with E-state index in [1.165, 1.54) is 12.4 Å². The van der Waals surface area contributed by atoms with Gasteiger partial charge in [0.1, 0.15) is 12.1 Å². The van der Waals surface area contributed by atoms with Crippen molar-refractivity contribution in [3.8, 4) is 0 Å². The Morgan fingerprint density at radius 2 is 2.00 bits per heavy atom. The van der Waals surface area contributed by atoms with E-state index in [2.05, 4.69) is 34.1 Å². The summed E-state index contributed by atoms with van der Waals surface area (Å²) in [5.41, 5.74) is 0.994. The van der Waals surface area contributed by atoms with Crippen molar-refractivity contribution in [1.29, 1.82) is 0 Å². The van der Waals surface area contributed by atoms with E-state index in [9.17, 15) is 4.79 Å². The molecule has 2 heterocycles. The highest BCUT2D eigenvalue weighted by atomic mass is 16.4. The molecular formula is C14H16N4O2. The zero-order valence-electron chi connectivity index (χ0n) is 11.4. The van der Waals surface area contributed by atoms with Crippen molar-refractivity contribution in [2.45, 2.75) is 19.3 Å². The van der Waals surface area contributed by atoms with Crippen LogP contribution in [0.4, 0.5) is 5.82 Å². The summed E-state index contributed by atoms with van der Waals surface area (Å²) in [5, 5.41) is 12.0. The number of rotatable bonds is 5. The fourth-order valence-electron chi connectivity index (χ4n) is 1.79. The minimum atomic E-state index is -1.07. The van der Waals surface area contributed by atoms with Gasteiger partial charge in [-0.15, -0.1) is 0 Å². The first-order valence-electron chi connectivity index (χ1n) is 6.19. The number of hydrogen-bond donors (Lipinski definition) is 2. The lowest BCUT2D eigenvalue weighted by atomic mass is 9.85. The number of carboxylic acid groups (broad SMARTS) is 1. The monoisotopic (exact) mass is 272 g/mol. The molecule has 0 atom stereocenters. The number of hydrogen-bond acceptors (Lipinski definition) is 5. The van der Waals surface area contributed by atoms with Gasteiger partial charge in [0.2, 0.25) is 0 Å². The molecule has 0 amide bonds. The lowest BCUT2D eigenvalue weighted by Gasteiger charge is -2.25. The number of nitrogens with one attached hydrogen (secondary N) is 1. The second-order valence-corrected chi connectivity index (χ2v) is 5.07. The first-order chi connectivity index (χ1) is 9.49. The first kappa shape index (κ1) is 13.9. The van der Waals surface area contributed by atoms with Crippen molar-refractivity contribution >= 4 is 11.8 Å². The molecule has 0 fully saturated rings. The van der Waals surface area contributed by atoms with Gasteiger partial charge in [0.25, 0.3) is 0 Å². The number of anilines is 1. The molecular weight excluding hydrogens is 256 g/mol. The fourth-order valence-corrected chi connectivity index (χ4v) is 1.79. The summed E-state index contributed by atoms with van der Waals surface area (Å²) >= 11 is 0. The smallest absolute Gasteiger partial charge is 0.354 e. The summed E-state index contributed by atoms with van der Waals surface area (Å²) < 4.78 is 0. The summed E-state index contributed by atoms with van der Waals surface area (Å²) in [5.74, 6) is -0.566. The van der Waals surface area contributed by atoms with E-state index < -0.39 is 5.97 Å². The highest BCUT2D eigenvalue weighted by Crippen LogP contribution is 2.22. The Bertz CT molecular complexity index is 599. The molecule has 2 aromatic rings. The third-order valence-corrected chi connectivity index (χ3v) is 3.06. The molecule has 2 rings (SSSR count). The largest absolute Gasteiger partial charge is 0.477 e. The number of carboxylic acids is 1. The predicted octanol–water partition coefficient (Wildman–Crippen LogP) is 1.96. The Morgan fingerprint density at radius 3 is 2.65 bits per heavy atom. The van der Waals surface area contributed by atoms with Gasteiger partial charge in [-0.05, 0) is 17.7 Å². The van der Waals surface area contributed by atoms with Gasteiger partial charge >= 0.3 is 5.97 Å². The Labute approximate surface area is 116 Å². The molecule has 0 saturated heterocycles. The average Bonchev–Trinajstić information content (AvgIpc) is 2.46. The highest BCUT2D eigenvalue weighted by molar-refractivity contribution is 5.85. The second-order valence-electron chi connectivity index (χ2n) is 5.07. The lowest BCUT2D eigenvalue weighted by molar-refractivity contribution is 0.0690. The van der Waals surface area contributed by atoms with Gasteiger partial charge in [0.15, 0.2) is 5.69 Å². The van der Waals surface area contributed by atoms with Crippen LogP contribution in [0.2, 0.25) is 0 Å². The van der Waals surface area contributed by atoms with Gasteiger partial charge in [-0.3, -0.25) is 4.98 Å². The van der Waals surface area contributed by atoms with Crippen molar-refractivity contribution in [3.63, 3.8) is 0 Å². The molecule has 2 aromatic heterocycles. The van der Waals surface area contributed by atoms with Crippen molar-refractivity contribution in [1.82, 2.24) is 15.0 Å². The number of carbonyl (C=O) groups is 1. The van der Waals surface area contributed by atoms with Crippen LogP contribution in [-0.2, 0) is 5.41 Å². The molecule has 0 bridgehead atoms. The minimum Gasteiger partial charge on any atom is -0.477 e.